The van der Waals surface area contributed by atoms with Gasteiger partial charge in [0.1, 0.15) is 12.2 Å². The monoisotopic (exact) mass is 582 g/mol. The lowest BCUT2D eigenvalue weighted by molar-refractivity contribution is -0.388. The lowest BCUT2D eigenvalue weighted by atomic mass is 9.92. The van der Waals surface area contributed by atoms with Gasteiger partial charge < -0.3 is 19.9 Å². The van der Waals surface area contributed by atoms with Crippen LogP contribution in [0.25, 0.3) is 0 Å². The lowest BCUT2D eigenvalue weighted by Crippen LogP contribution is -2.50. The van der Waals surface area contributed by atoms with Crippen LogP contribution in [0.4, 0.5) is 42.8 Å². The molecule has 4 rings (SSSR count). The van der Waals surface area contributed by atoms with Gasteiger partial charge in [-0.1, -0.05) is 11.3 Å². The number of carbonyl (C=O) groups excluding carboxylic acids is 1. The fourth-order valence-electron chi connectivity index (χ4n) is 4.51. The van der Waals surface area contributed by atoms with Crippen molar-refractivity contribution in [3.05, 3.63) is 38.9 Å². The van der Waals surface area contributed by atoms with Crippen LogP contribution in [0.2, 0.25) is 0 Å². The van der Waals surface area contributed by atoms with Gasteiger partial charge in [-0.25, -0.2) is 0 Å². The molecule has 0 radical (unpaired) electrons. The maximum atomic E-state index is 13.2. The second-order valence-corrected chi connectivity index (χ2v) is 10.1. The molecule has 2 aromatic rings. The highest BCUT2D eigenvalue weighted by Crippen LogP contribution is 2.38. The Balaban J connectivity index is 1.19. The number of rotatable bonds is 7. The fourth-order valence-corrected chi connectivity index (χ4v) is 5.27. The van der Waals surface area contributed by atoms with Gasteiger partial charge in [0.2, 0.25) is 16.0 Å². The zero-order valence-corrected chi connectivity index (χ0v) is 21.1. The van der Waals surface area contributed by atoms with Crippen molar-refractivity contribution in [3.8, 4) is 0 Å². The molecule has 0 bridgehead atoms. The van der Waals surface area contributed by atoms with Crippen LogP contribution >= 0.6 is 11.3 Å². The van der Waals surface area contributed by atoms with Crippen LogP contribution < -0.4 is 10.2 Å². The van der Waals surface area contributed by atoms with Crippen LogP contribution in [-0.2, 0) is 21.9 Å². The predicted octanol–water partition coefficient (Wildman–Crippen LogP) is 4.57. The molecule has 2 fully saturated rings. The molecule has 10 nitrogen and oxygen atoms in total. The first kappa shape index (κ1) is 28.8. The van der Waals surface area contributed by atoms with Gasteiger partial charge >= 0.3 is 12.4 Å². The molecule has 1 aromatic carbocycles. The number of aromatic nitrogens is 2. The number of hydrogen-bond acceptors (Lipinski definition) is 9. The number of benzene rings is 1. The second-order valence-electron chi connectivity index (χ2n) is 9.17. The number of alkyl halides is 6. The Labute approximate surface area is 222 Å². The number of hydrogen-bond donors (Lipinski definition) is 1. The molecule has 2 heterocycles. The van der Waals surface area contributed by atoms with Crippen molar-refractivity contribution in [1.29, 1.82) is 0 Å². The van der Waals surface area contributed by atoms with Crippen molar-refractivity contribution in [2.45, 2.75) is 50.2 Å². The van der Waals surface area contributed by atoms with Crippen LogP contribution in [0.15, 0.2) is 18.2 Å². The maximum absolute atomic E-state index is 13.2. The fraction of sp³-hybridized carbons (Fsp3) is 0.591. The van der Waals surface area contributed by atoms with Gasteiger partial charge in [-0.2, -0.15) is 26.3 Å². The van der Waals surface area contributed by atoms with E-state index in [2.05, 4.69) is 15.5 Å². The molecule has 0 spiro atoms. The van der Waals surface area contributed by atoms with Crippen molar-refractivity contribution in [2.24, 2.45) is 0 Å². The van der Waals surface area contributed by atoms with Gasteiger partial charge in [0.25, 0.3) is 5.69 Å². The molecule has 214 valence electrons. The van der Waals surface area contributed by atoms with Gasteiger partial charge in [-0.3, -0.25) is 14.9 Å². The average molecular weight is 583 g/mol. The number of nitrogens with zero attached hydrogens (tertiary/aromatic N) is 5. The summed E-state index contributed by atoms with van der Waals surface area (Å²) in [6.07, 6.45) is -7.36. The van der Waals surface area contributed by atoms with Crippen LogP contribution in [0, 0.1) is 10.1 Å². The van der Waals surface area contributed by atoms with Gasteiger partial charge in [0.15, 0.2) is 0 Å². The molecule has 0 unspecified atom stereocenters. The molecule has 1 aliphatic heterocycles. The normalized spacial score (nSPS) is 20.7. The molecule has 1 saturated carbocycles. The summed E-state index contributed by atoms with van der Waals surface area (Å²) in [5.41, 5.74) is -2.19. The highest BCUT2D eigenvalue weighted by atomic mass is 32.1. The lowest BCUT2D eigenvalue weighted by Gasteiger charge is -2.35. The summed E-state index contributed by atoms with van der Waals surface area (Å²) in [4.78, 5) is 25.6. The van der Waals surface area contributed by atoms with Crippen molar-refractivity contribution < 1.29 is 40.8 Å². The van der Waals surface area contributed by atoms with Gasteiger partial charge in [-0.05, 0) is 37.8 Å². The van der Waals surface area contributed by atoms with E-state index in [0.29, 0.717) is 63.2 Å². The van der Waals surface area contributed by atoms with Gasteiger partial charge in [0, 0.05) is 44.0 Å². The van der Waals surface area contributed by atoms with E-state index in [1.807, 2.05) is 0 Å². The van der Waals surface area contributed by atoms with Crippen molar-refractivity contribution in [3.63, 3.8) is 0 Å². The summed E-state index contributed by atoms with van der Waals surface area (Å²) < 4.78 is 83.6. The number of anilines is 2. The molecule has 2 aliphatic rings. The molecule has 1 aromatic heterocycles. The zero-order valence-electron chi connectivity index (χ0n) is 20.3. The molecule has 39 heavy (non-hydrogen) atoms. The van der Waals surface area contributed by atoms with E-state index in [1.54, 1.807) is 9.80 Å². The first-order valence-electron chi connectivity index (χ1n) is 12.0. The quantitative estimate of drug-likeness (QED) is 0.287. The number of nitro benzene ring substituents is 1. The standard InChI is InChI=1S/C22H24F6N6O4S/c23-21(24,25)16-11-14(3-6-17(16)34(36)37)29-13-1-4-15(5-2-13)38-12-18(35)32-7-9-33(10-8-32)20-31-30-19(39-20)22(26,27)28/h3,6,11,13,15,29H,1-2,4-5,7-10,12H2/t13-,15-. The largest absolute Gasteiger partial charge is 0.445 e. The summed E-state index contributed by atoms with van der Waals surface area (Å²) in [7, 11) is 0. The molecule has 1 saturated heterocycles. The van der Waals surface area contributed by atoms with E-state index in [0.717, 1.165) is 12.1 Å². The second kappa shape index (κ2) is 11.5. The maximum Gasteiger partial charge on any atom is 0.445 e. The average Bonchev–Trinajstić information content (AvgIpc) is 3.39. The number of halogens is 6. The Morgan fingerprint density at radius 1 is 1.05 bits per heavy atom. The first-order chi connectivity index (χ1) is 18.3. The minimum Gasteiger partial charge on any atom is -0.382 e. The van der Waals surface area contributed by atoms with Gasteiger partial charge in [0.05, 0.1) is 11.0 Å². The summed E-state index contributed by atoms with van der Waals surface area (Å²) in [6, 6.07) is 2.65. The minimum absolute atomic E-state index is 0.134. The van der Waals surface area contributed by atoms with E-state index in [1.165, 1.54) is 6.07 Å². The number of piperazine rings is 1. The third kappa shape index (κ3) is 7.26. The highest BCUT2D eigenvalue weighted by Gasteiger charge is 2.39. The smallest absolute Gasteiger partial charge is 0.382 e. The number of amides is 1. The van der Waals surface area contributed by atoms with Crippen molar-refractivity contribution in [2.75, 3.05) is 43.0 Å². The van der Waals surface area contributed by atoms with E-state index in [-0.39, 0.29) is 35.5 Å². The van der Waals surface area contributed by atoms with Crippen LogP contribution in [0.1, 0.15) is 36.3 Å². The minimum atomic E-state index is -4.86. The third-order valence-corrected chi connectivity index (χ3v) is 7.57. The number of carbonyl (C=O) groups is 1. The van der Waals surface area contributed by atoms with Crippen LogP contribution in [0.3, 0.4) is 0 Å². The SMILES string of the molecule is O=C(CO[C@H]1CC[C@H](Nc2ccc([N+](=O)[O-])c(C(F)(F)F)c2)CC1)N1CCN(c2nnc(C(F)(F)F)s2)CC1. The van der Waals surface area contributed by atoms with Crippen LogP contribution in [0.5, 0.6) is 0 Å². The topological polar surface area (TPSA) is 114 Å². The molecule has 17 heteroatoms. The molecule has 0 atom stereocenters. The number of nitrogens with one attached hydrogen (secondary N) is 1. The van der Waals surface area contributed by atoms with Gasteiger partial charge in [-0.15, -0.1) is 10.2 Å². The Hall–Kier alpha value is -3.21. The van der Waals surface area contributed by atoms with Crippen molar-refractivity contribution in [1.82, 2.24) is 15.1 Å². The zero-order chi connectivity index (χ0) is 28.4. The Bertz CT molecular complexity index is 1180. The molecular weight excluding hydrogens is 558 g/mol. The third-order valence-electron chi connectivity index (χ3n) is 6.55. The number of ether oxygens (including phenoxy) is 1. The summed E-state index contributed by atoms with van der Waals surface area (Å²) in [5, 5.41) is 19.8. The molecule has 1 amide bonds. The molecule has 1 N–H and O–H groups in total. The summed E-state index contributed by atoms with van der Waals surface area (Å²) >= 11 is 0.457. The predicted molar refractivity (Wildman–Crippen MR) is 127 cm³/mol. The Morgan fingerprint density at radius 2 is 1.72 bits per heavy atom. The summed E-state index contributed by atoms with van der Waals surface area (Å²) in [6.45, 7) is 1.07. The summed E-state index contributed by atoms with van der Waals surface area (Å²) in [5.74, 6) is -0.242. The van der Waals surface area contributed by atoms with Crippen LogP contribution in [-0.4, -0.2) is 70.9 Å². The van der Waals surface area contributed by atoms with E-state index in [4.69, 9.17) is 4.74 Å². The number of nitro groups is 1. The molecular formula is C22H24F6N6O4S. The first-order valence-corrected chi connectivity index (χ1v) is 12.8. The highest BCUT2D eigenvalue weighted by molar-refractivity contribution is 7.15. The van der Waals surface area contributed by atoms with E-state index < -0.39 is 33.5 Å². The Morgan fingerprint density at radius 3 is 2.28 bits per heavy atom. The van der Waals surface area contributed by atoms with E-state index in [9.17, 15) is 41.3 Å². The van der Waals surface area contributed by atoms with Crippen molar-refractivity contribution >= 4 is 33.8 Å². The molecule has 1 aliphatic carbocycles. The Kier molecular flexibility index (Phi) is 8.48. The van der Waals surface area contributed by atoms with E-state index >= 15 is 0 Å².